The summed E-state index contributed by atoms with van der Waals surface area (Å²) in [6.45, 7) is 0. The highest BCUT2D eigenvalue weighted by molar-refractivity contribution is 7.90. The van der Waals surface area contributed by atoms with Crippen LogP contribution in [0.4, 0.5) is 0 Å². The molecule has 14 heavy (non-hydrogen) atoms. The molecule has 0 amide bonds. The van der Waals surface area contributed by atoms with Crippen LogP contribution in [0.2, 0.25) is 0 Å². The zero-order valence-electron chi connectivity index (χ0n) is 8.27. The fourth-order valence-corrected chi connectivity index (χ4v) is 3.16. The van der Waals surface area contributed by atoms with E-state index >= 15 is 0 Å². The summed E-state index contributed by atoms with van der Waals surface area (Å²) in [5, 5.41) is 8.93. The van der Waals surface area contributed by atoms with Crippen molar-refractivity contribution in [2.24, 2.45) is 11.8 Å². The number of aliphatic carboxylic acids is 1. The second-order valence-electron chi connectivity index (χ2n) is 4.08. The van der Waals surface area contributed by atoms with Crippen molar-refractivity contribution in [2.75, 3.05) is 12.0 Å². The van der Waals surface area contributed by atoms with Crippen LogP contribution in [0.15, 0.2) is 0 Å². The molecular weight excluding hydrogens is 204 g/mol. The third kappa shape index (κ3) is 3.29. The molecule has 5 heteroatoms. The lowest BCUT2D eigenvalue weighted by atomic mass is 9.93. The van der Waals surface area contributed by atoms with Crippen LogP contribution in [0.5, 0.6) is 0 Å². The third-order valence-electron chi connectivity index (χ3n) is 2.77. The predicted molar refractivity (Wildman–Crippen MR) is 52.8 cm³/mol. The van der Waals surface area contributed by atoms with E-state index in [2.05, 4.69) is 0 Å². The average Bonchev–Trinajstić information content (AvgIpc) is 2.49. The van der Waals surface area contributed by atoms with Crippen molar-refractivity contribution in [3.63, 3.8) is 0 Å². The Labute approximate surface area is 84.2 Å². The molecule has 0 aromatic rings. The van der Waals surface area contributed by atoms with Crippen LogP contribution in [0.25, 0.3) is 0 Å². The summed E-state index contributed by atoms with van der Waals surface area (Å²) >= 11 is 0. The molecule has 1 aliphatic carbocycles. The van der Waals surface area contributed by atoms with Gasteiger partial charge in [-0.2, -0.15) is 0 Å². The fourth-order valence-electron chi connectivity index (χ4n) is 2.09. The molecule has 0 aliphatic heterocycles. The maximum Gasteiger partial charge on any atom is 0.307 e. The number of carboxylic acid groups (broad SMARTS) is 1. The second kappa shape index (κ2) is 4.29. The van der Waals surface area contributed by atoms with E-state index in [4.69, 9.17) is 5.11 Å². The Kier molecular flexibility index (Phi) is 3.53. The third-order valence-corrected chi connectivity index (χ3v) is 3.73. The number of hydrogen-bond donors (Lipinski definition) is 1. The summed E-state index contributed by atoms with van der Waals surface area (Å²) in [5.74, 6) is -1.83. The molecule has 0 heterocycles. The van der Waals surface area contributed by atoms with Gasteiger partial charge in [-0.3, -0.25) is 4.79 Å². The van der Waals surface area contributed by atoms with E-state index in [9.17, 15) is 13.2 Å². The molecule has 0 aromatic carbocycles. The molecule has 1 aliphatic rings. The zero-order valence-corrected chi connectivity index (χ0v) is 9.09. The molecule has 0 aromatic heterocycles. The molecule has 0 saturated heterocycles. The van der Waals surface area contributed by atoms with Gasteiger partial charge in [0.25, 0.3) is 0 Å². The van der Waals surface area contributed by atoms with Gasteiger partial charge in [0.05, 0.1) is 11.7 Å². The Morgan fingerprint density at radius 2 is 1.93 bits per heavy atom. The zero-order chi connectivity index (χ0) is 10.8. The highest BCUT2D eigenvalue weighted by Crippen LogP contribution is 2.32. The lowest BCUT2D eigenvalue weighted by Gasteiger charge is -2.17. The van der Waals surface area contributed by atoms with Crippen molar-refractivity contribution in [1.82, 2.24) is 0 Å². The average molecular weight is 220 g/mol. The maximum atomic E-state index is 11.0. The first kappa shape index (κ1) is 11.5. The van der Waals surface area contributed by atoms with Crippen molar-refractivity contribution in [2.45, 2.75) is 25.7 Å². The van der Waals surface area contributed by atoms with Gasteiger partial charge in [0.1, 0.15) is 9.84 Å². The Hall–Kier alpha value is -0.580. The van der Waals surface area contributed by atoms with Crippen molar-refractivity contribution in [1.29, 1.82) is 0 Å². The molecule has 1 N–H and O–H groups in total. The van der Waals surface area contributed by atoms with Gasteiger partial charge in [-0.05, 0) is 18.8 Å². The van der Waals surface area contributed by atoms with Gasteiger partial charge < -0.3 is 5.11 Å². The van der Waals surface area contributed by atoms with Gasteiger partial charge in [-0.15, -0.1) is 0 Å². The first-order valence-corrected chi connectivity index (χ1v) is 6.87. The first-order valence-electron chi connectivity index (χ1n) is 4.80. The van der Waals surface area contributed by atoms with Gasteiger partial charge in [0, 0.05) is 6.26 Å². The van der Waals surface area contributed by atoms with Crippen LogP contribution >= 0.6 is 0 Å². The summed E-state index contributed by atoms with van der Waals surface area (Å²) < 4.78 is 22.1. The molecule has 1 fully saturated rings. The minimum Gasteiger partial charge on any atom is -0.481 e. The summed E-state index contributed by atoms with van der Waals surface area (Å²) in [6.07, 6.45) is 4.85. The van der Waals surface area contributed by atoms with Crippen LogP contribution in [0.3, 0.4) is 0 Å². The van der Waals surface area contributed by atoms with Crippen molar-refractivity contribution in [3.8, 4) is 0 Å². The summed E-state index contributed by atoms with van der Waals surface area (Å²) in [6, 6.07) is 0. The molecule has 4 nitrogen and oxygen atoms in total. The molecule has 0 bridgehead atoms. The number of sulfone groups is 1. The number of carboxylic acids is 1. The quantitative estimate of drug-likeness (QED) is 0.764. The Morgan fingerprint density at radius 1 is 1.43 bits per heavy atom. The molecule has 0 radical (unpaired) electrons. The Morgan fingerprint density at radius 3 is 2.29 bits per heavy atom. The second-order valence-corrected chi connectivity index (χ2v) is 6.27. The van der Waals surface area contributed by atoms with Crippen molar-refractivity contribution in [3.05, 3.63) is 0 Å². The van der Waals surface area contributed by atoms with Crippen LogP contribution < -0.4 is 0 Å². The monoisotopic (exact) mass is 220 g/mol. The van der Waals surface area contributed by atoms with E-state index in [0.29, 0.717) is 0 Å². The largest absolute Gasteiger partial charge is 0.481 e. The number of carbonyl (C=O) groups is 1. The smallest absolute Gasteiger partial charge is 0.307 e. The standard InChI is InChI=1S/C9H16O4S/c1-14(12,13)6-8(9(10)11)7-4-2-3-5-7/h7-8H,2-6H2,1H3,(H,10,11)/t8-/m0/s1. The minimum atomic E-state index is -3.19. The van der Waals surface area contributed by atoms with E-state index in [-0.39, 0.29) is 11.7 Å². The van der Waals surface area contributed by atoms with E-state index in [1.165, 1.54) is 0 Å². The highest BCUT2D eigenvalue weighted by atomic mass is 32.2. The molecule has 1 atom stereocenters. The molecule has 82 valence electrons. The predicted octanol–water partition coefficient (Wildman–Crippen LogP) is 0.922. The molecule has 0 unspecified atom stereocenters. The number of rotatable bonds is 4. The van der Waals surface area contributed by atoms with Gasteiger partial charge in [0.2, 0.25) is 0 Å². The minimum absolute atomic E-state index is 0.0576. The van der Waals surface area contributed by atoms with E-state index in [0.717, 1.165) is 31.9 Å². The summed E-state index contributed by atoms with van der Waals surface area (Å²) in [7, 11) is -3.19. The summed E-state index contributed by atoms with van der Waals surface area (Å²) in [4.78, 5) is 10.9. The first-order chi connectivity index (χ1) is 6.40. The van der Waals surface area contributed by atoms with Crippen molar-refractivity contribution < 1.29 is 18.3 Å². The Bertz CT molecular complexity index is 301. The topological polar surface area (TPSA) is 71.4 Å². The molecular formula is C9H16O4S. The highest BCUT2D eigenvalue weighted by Gasteiger charge is 2.32. The van der Waals surface area contributed by atoms with E-state index in [1.807, 2.05) is 0 Å². The van der Waals surface area contributed by atoms with E-state index < -0.39 is 21.7 Å². The lowest BCUT2D eigenvalue weighted by molar-refractivity contribution is -0.142. The lowest BCUT2D eigenvalue weighted by Crippen LogP contribution is -2.29. The van der Waals surface area contributed by atoms with Gasteiger partial charge >= 0.3 is 5.97 Å². The molecule has 0 spiro atoms. The fraction of sp³-hybridized carbons (Fsp3) is 0.889. The Balaban J connectivity index is 2.69. The molecule has 1 rings (SSSR count). The van der Waals surface area contributed by atoms with Crippen LogP contribution in [0, 0.1) is 11.8 Å². The maximum absolute atomic E-state index is 11.0. The van der Waals surface area contributed by atoms with Gasteiger partial charge in [-0.1, -0.05) is 12.8 Å². The summed E-state index contributed by atoms with van der Waals surface area (Å²) in [5.41, 5.74) is 0. The van der Waals surface area contributed by atoms with Gasteiger partial charge in [-0.25, -0.2) is 8.42 Å². The van der Waals surface area contributed by atoms with Crippen LogP contribution in [-0.2, 0) is 14.6 Å². The normalized spacial score (nSPS) is 20.9. The van der Waals surface area contributed by atoms with Gasteiger partial charge in [0.15, 0.2) is 0 Å². The van der Waals surface area contributed by atoms with Crippen LogP contribution in [-0.4, -0.2) is 31.5 Å². The molecule has 1 saturated carbocycles. The number of hydrogen-bond acceptors (Lipinski definition) is 3. The van der Waals surface area contributed by atoms with Crippen molar-refractivity contribution >= 4 is 15.8 Å². The van der Waals surface area contributed by atoms with Crippen LogP contribution in [0.1, 0.15) is 25.7 Å². The SMILES string of the molecule is CS(=O)(=O)C[C@H](C(=O)O)C1CCCC1. The van der Waals surface area contributed by atoms with E-state index in [1.54, 1.807) is 0 Å².